The highest BCUT2D eigenvalue weighted by atomic mass is 19.1. The molecule has 2 N–H and O–H groups in total. The van der Waals surface area contributed by atoms with E-state index in [9.17, 15) is 9.90 Å². The van der Waals surface area contributed by atoms with Gasteiger partial charge >= 0.3 is 6.09 Å². The van der Waals surface area contributed by atoms with Gasteiger partial charge in [-0.2, -0.15) is 0 Å². The molecule has 2 aromatic rings. The number of likely N-dealkylation sites (tertiary alicyclic amines) is 1. The van der Waals surface area contributed by atoms with Crippen LogP contribution in [0.2, 0.25) is 0 Å². The second kappa shape index (κ2) is 8.80. The van der Waals surface area contributed by atoms with Crippen molar-refractivity contribution in [2.24, 2.45) is 5.92 Å². The van der Waals surface area contributed by atoms with Crippen LogP contribution in [0.4, 0.5) is 14.9 Å². The summed E-state index contributed by atoms with van der Waals surface area (Å²) in [6.45, 7) is 13.5. The summed E-state index contributed by atoms with van der Waals surface area (Å²) in [6, 6.07) is 1.36. The van der Waals surface area contributed by atoms with E-state index in [0.717, 1.165) is 29.5 Å². The van der Waals surface area contributed by atoms with Crippen molar-refractivity contribution in [1.29, 1.82) is 0 Å². The fraction of sp³-hybridized carbons (Fsp3) is 0.640. The zero-order valence-electron chi connectivity index (χ0n) is 20.5. The normalized spacial score (nSPS) is 22.1. The Morgan fingerprint density at radius 2 is 2.06 bits per heavy atom. The monoisotopic (exact) mass is 461 g/mol. The van der Waals surface area contributed by atoms with Crippen molar-refractivity contribution >= 4 is 22.7 Å². The molecule has 2 fully saturated rings. The summed E-state index contributed by atoms with van der Waals surface area (Å²) in [4.78, 5) is 20.1. The molecule has 2 aliphatic heterocycles. The lowest BCUT2D eigenvalue weighted by atomic mass is 9.92. The van der Waals surface area contributed by atoms with Crippen molar-refractivity contribution in [2.45, 2.75) is 72.3 Å². The number of anilines is 1. The van der Waals surface area contributed by atoms with E-state index in [-0.39, 0.29) is 23.9 Å². The zero-order chi connectivity index (χ0) is 24.1. The summed E-state index contributed by atoms with van der Waals surface area (Å²) >= 11 is 0. The molecule has 3 atom stereocenters. The number of aryl methyl sites for hydroxylation is 2. The molecule has 1 amide bonds. The lowest BCUT2D eigenvalue weighted by Gasteiger charge is -2.37. The van der Waals surface area contributed by atoms with Gasteiger partial charge in [0.25, 0.3) is 0 Å². The van der Waals surface area contributed by atoms with Crippen LogP contribution < -0.4 is 4.90 Å². The number of rotatable bonds is 4. The average molecular weight is 462 g/mol. The quantitative estimate of drug-likeness (QED) is 0.641. The minimum atomic E-state index is -1.21. The number of fused-ring (bicyclic) bond motifs is 2. The fourth-order valence-corrected chi connectivity index (χ4v) is 5.29. The van der Waals surface area contributed by atoms with Crippen LogP contribution in [0.25, 0.3) is 10.9 Å². The molecule has 2 aliphatic rings. The highest BCUT2D eigenvalue weighted by molar-refractivity contribution is 5.98. The molecular weight excluding hydrogens is 425 g/mol. The molecule has 0 spiro atoms. The number of aromatic nitrogens is 1. The van der Waals surface area contributed by atoms with Crippen LogP contribution in [0.15, 0.2) is 6.07 Å². The van der Waals surface area contributed by atoms with E-state index in [1.165, 1.54) is 6.07 Å². The molecular formula is C25H36FN3O4. The number of piperidine rings is 1. The molecule has 2 saturated heterocycles. The minimum absolute atomic E-state index is 0.0166. The highest BCUT2D eigenvalue weighted by Crippen LogP contribution is 2.42. The maximum absolute atomic E-state index is 15.7. The van der Waals surface area contributed by atoms with E-state index < -0.39 is 11.9 Å². The number of aliphatic hydroxyl groups excluding tert-OH is 1. The van der Waals surface area contributed by atoms with Gasteiger partial charge in [-0.25, -0.2) is 9.18 Å². The molecule has 3 heterocycles. The van der Waals surface area contributed by atoms with E-state index in [2.05, 4.69) is 9.88 Å². The van der Waals surface area contributed by atoms with Crippen molar-refractivity contribution in [3.05, 3.63) is 28.7 Å². The lowest BCUT2D eigenvalue weighted by Crippen LogP contribution is -2.50. The van der Waals surface area contributed by atoms with Crippen molar-refractivity contribution in [3.63, 3.8) is 0 Å². The Bertz CT molecular complexity index is 1040. The Morgan fingerprint density at radius 3 is 2.73 bits per heavy atom. The smallest absolute Gasteiger partial charge is 0.410 e. The van der Waals surface area contributed by atoms with Crippen molar-refractivity contribution in [2.75, 3.05) is 31.1 Å². The summed E-state index contributed by atoms with van der Waals surface area (Å²) in [5.41, 5.74) is 2.94. The molecule has 7 nitrogen and oxygen atoms in total. The van der Waals surface area contributed by atoms with Gasteiger partial charge in [0.2, 0.25) is 0 Å². The largest absolute Gasteiger partial charge is 0.444 e. The summed E-state index contributed by atoms with van der Waals surface area (Å²) in [7, 11) is 0. The molecule has 3 unspecified atom stereocenters. The second-order valence-electron chi connectivity index (χ2n) is 10.3. The molecule has 0 radical (unpaired) electrons. The van der Waals surface area contributed by atoms with Crippen molar-refractivity contribution in [1.82, 2.24) is 9.88 Å². The first-order chi connectivity index (χ1) is 15.5. The number of benzene rings is 1. The van der Waals surface area contributed by atoms with Gasteiger partial charge < -0.3 is 29.4 Å². The molecule has 33 heavy (non-hydrogen) atoms. The summed E-state index contributed by atoms with van der Waals surface area (Å²) < 4.78 is 26.7. The number of carbonyl (C=O) groups is 1. The number of carbonyl (C=O) groups excluding carboxylic acids is 1. The lowest BCUT2D eigenvalue weighted by molar-refractivity contribution is -0.0972. The van der Waals surface area contributed by atoms with Crippen molar-refractivity contribution in [3.8, 4) is 0 Å². The SMILES string of the molecule is CCOC(O)c1cc(F)c(N2CC3CCCN(C(=O)OC(C)(C)C)C3C2)c2c(C)c(C)[nH]c12. The van der Waals surface area contributed by atoms with E-state index in [0.29, 0.717) is 43.0 Å². The molecule has 0 aliphatic carbocycles. The number of hydrogen-bond donors (Lipinski definition) is 2. The van der Waals surface area contributed by atoms with Gasteiger partial charge in [0, 0.05) is 42.9 Å². The molecule has 182 valence electrons. The predicted molar refractivity (Wildman–Crippen MR) is 126 cm³/mol. The number of aliphatic hydroxyl groups is 1. The topological polar surface area (TPSA) is 78.0 Å². The van der Waals surface area contributed by atoms with Gasteiger partial charge in [-0.05, 0) is 71.9 Å². The van der Waals surface area contributed by atoms with E-state index in [1.807, 2.05) is 39.5 Å². The van der Waals surface area contributed by atoms with Crippen LogP contribution in [-0.2, 0) is 9.47 Å². The van der Waals surface area contributed by atoms with Gasteiger partial charge in [0.05, 0.1) is 17.2 Å². The zero-order valence-corrected chi connectivity index (χ0v) is 20.5. The Labute approximate surface area is 194 Å². The van der Waals surface area contributed by atoms with Crippen LogP contribution in [0.3, 0.4) is 0 Å². The summed E-state index contributed by atoms with van der Waals surface area (Å²) in [5, 5.41) is 11.2. The number of amides is 1. The van der Waals surface area contributed by atoms with Crippen LogP contribution in [-0.4, -0.2) is 59.0 Å². The number of ether oxygens (including phenoxy) is 2. The third-order valence-corrected chi connectivity index (χ3v) is 6.85. The van der Waals surface area contributed by atoms with Crippen LogP contribution >= 0.6 is 0 Å². The second-order valence-corrected chi connectivity index (χ2v) is 10.3. The van der Waals surface area contributed by atoms with Gasteiger partial charge in [0.15, 0.2) is 6.29 Å². The first-order valence-corrected chi connectivity index (χ1v) is 11.9. The number of nitrogens with zero attached hydrogens (tertiary/aromatic N) is 2. The van der Waals surface area contributed by atoms with Crippen LogP contribution in [0.5, 0.6) is 0 Å². The maximum Gasteiger partial charge on any atom is 0.410 e. The maximum atomic E-state index is 15.7. The predicted octanol–water partition coefficient (Wildman–Crippen LogP) is 4.79. The van der Waals surface area contributed by atoms with Gasteiger partial charge in [-0.3, -0.25) is 0 Å². The Kier molecular flexibility index (Phi) is 6.35. The van der Waals surface area contributed by atoms with E-state index in [1.54, 1.807) is 6.92 Å². The number of halogens is 1. The molecule has 0 saturated carbocycles. The Morgan fingerprint density at radius 1 is 1.33 bits per heavy atom. The molecule has 0 bridgehead atoms. The molecule has 1 aromatic carbocycles. The molecule has 1 aromatic heterocycles. The minimum Gasteiger partial charge on any atom is -0.444 e. The number of aromatic amines is 1. The van der Waals surface area contributed by atoms with E-state index >= 15 is 4.39 Å². The van der Waals surface area contributed by atoms with Gasteiger partial charge in [0.1, 0.15) is 11.4 Å². The molecule has 8 heteroatoms. The summed E-state index contributed by atoms with van der Waals surface area (Å²) in [6.07, 6.45) is 0.404. The third kappa shape index (κ3) is 4.43. The highest BCUT2D eigenvalue weighted by Gasteiger charge is 2.43. The van der Waals surface area contributed by atoms with Gasteiger partial charge in [-0.1, -0.05) is 0 Å². The summed E-state index contributed by atoms with van der Waals surface area (Å²) in [5.74, 6) is -0.129. The standard InChI is InChI=1S/C25H36FN3O4/c1-7-32-23(30)17-11-18(26)22(20-14(2)15(3)27-21(17)20)28-12-16-9-8-10-29(19(16)13-28)24(31)33-25(4,5)6/h11,16,19,23,27,30H,7-10,12-13H2,1-6H3. The van der Waals surface area contributed by atoms with Crippen LogP contribution in [0.1, 0.15) is 63.6 Å². The number of H-pyrrole nitrogens is 1. The Hall–Kier alpha value is -2.32. The van der Waals surface area contributed by atoms with E-state index in [4.69, 9.17) is 9.47 Å². The number of nitrogens with one attached hydrogen (secondary N) is 1. The fourth-order valence-electron chi connectivity index (χ4n) is 5.29. The first kappa shape index (κ1) is 23.8. The average Bonchev–Trinajstić information content (AvgIpc) is 3.27. The van der Waals surface area contributed by atoms with Crippen LogP contribution in [0, 0.1) is 25.6 Å². The van der Waals surface area contributed by atoms with Gasteiger partial charge in [-0.15, -0.1) is 0 Å². The third-order valence-electron chi connectivity index (χ3n) is 6.85. The Balaban J connectivity index is 1.71. The van der Waals surface area contributed by atoms with Crippen molar-refractivity contribution < 1.29 is 23.8 Å². The molecule has 4 rings (SSSR count). The number of hydrogen-bond acceptors (Lipinski definition) is 5. The first-order valence-electron chi connectivity index (χ1n) is 11.9.